The normalized spacial score (nSPS) is 17.8. The second kappa shape index (κ2) is 4.62. The molecule has 14 heavy (non-hydrogen) atoms. The van der Waals surface area contributed by atoms with Crippen molar-refractivity contribution in [1.29, 1.82) is 0 Å². The topological polar surface area (TPSA) is 38.9 Å². The van der Waals surface area contributed by atoms with Crippen molar-refractivity contribution < 1.29 is 0 Å². The molecule has 1 heterocycles. The zero-order chi connectivity index (χ0) is 9.97. The molecule has 4 heteroatoms. The second-order valence-corrected chi connectivity index (χ2v) is 5.82. The Bertz CT molecular complexity index is 305. The van der Waals surface area contributed by atoms with Crippen molar-refractivity contribution in [3.05, 3.63) is 9.48 Å². The number of aromatic nitrogens is 1. The lowest BCUT2D eigenvalue weighted by atomic mass is 10.0. The van der Waals surface area contributed by atoms with Gasteiger partial charge in [-0.3, -0.25) is 0 Å². The summed E-state index contributed by atoms with van der Waals surface area (Å²) in [6, 6.07) is 0. The fourth-order valence-electron chi connectivity index (χ4n) is 2.14. The summed E-state index contributed by atoms with van der Waals surface area (Å²) in [5.41, 5.74) is 5.64. The highest BCUT2D eigenvalue weighted by atomic mass is 79.9. The van der Waals surface area contributed by atoms with E-state index in [4.69, 9.17) is 5.73 Å². The van der Waals surface area contributed by atoms with E-state index in [2.05, 4.69) is 20.9 Å². The Kier molecular flexibility index (Phi) is 3.44. The number of nitrogens with two attached hydrogens (primary N) is 1. The first kappa shape index (κ1) is 10.4. The zero-order valence-corrected chi connectivity index (χ0v) is 10.5. The number of thiazole rings is 1. The minimum absolute atomic E-state index is 0.679. The lowest BCUT2D eigenvalue weighted by Crippen LogP contribution is -1.95. The summed E-state index contributed by atoms with van der Waals surface area (Å²) in [5, 5.41) is 0.679. The quantitative estimate of drug-likeness (QED) is 0.915. The Morgan fingerprint density at radius 1 is 1.43 bits per heavy atom. The molecule has 0 aliphatic heterocycles. The van der Waals surface area contributed by atoms with Crippen LogP contribution in [0.2, 0.25) is 0 Å². The third-order valence-electron chi connectivity index (χ3n) is 2.92. The van der Waals surface area contributed by atoms with Crippen LogP contribution in [0.1, 0.15) is 37.0 Å². The van der Waals surface area contributed by atoms with Gasteiger partial charge in [0.2, 0.25) is 0 Å². The number of nitrogens with zero attached hydrogens (tertiary/aromatic N) is 1. The van der Waals surface area contributed by atoms with Gasteiger partial charge in [-0.15, -0.1) is 11.3 Å². The first-order valence-electron chi connectivity index (χ1n) is 5.16. The first-order chi connectivity index (χ1) is 6.75. The van der Waals surface area contributed by atoms with Gasteiger partial charge in [0.25, 0.3) is 0 Å². The van der Waals surface area contributed by atoms with Crippen molar-refractivity contribution in [2.75, 3.05) is 5.73 Å². The molecule has 2 N–H and O–H groups in total. The van der Waals surface area contributed by atoms with E-state index in [-0.39, 0.29) is 0 Å². The van der Waals surface area contributed by atoms with Crippen molar-refractivity contribution >= 4 is 32.4 Å². The van der Waals surface area contributed by atoms with Gasteiger partial charge in [0, 0.05) is 4.88 Å². The minimum Gasteiger partial charge on any atom is -0.375 e. The summed E-state index contributed by atoms with van der Waals surface area (Å²) in [4.78, 5) is 5.48. The molecule has 1 saturated carbocycles. The van der Waals surface area contributed by atoms with Crippen LogP contribution >= 0.6 is 27.3 Å². The summed E-state index contributed by atoms with van der Waals surface area (Å²) in [7, 11) is 0. The number of hydrogen-bond donors (Lipinski definition) is 1. The summed E-state index contributed by atoms with van der Waals surface area (Å²) in [6.07, 6.45) is 8.14. The molecule has 0 unspecified atom stereocenters. The van der Waals surface area contributed by atoms with Gasteiger partial charge >= 0.3 is 0 Å². The molecule has 78 valence electrons. The van der Waals surface area contributed by atoms with Crippen molar-refractivity contribution in [2.24, 2.45) is 5.92 Å². The third kappa shape index (κ3) is 2.48. The number of anilines is 1. The minimum atomic E-state index is 0.679. The molecule has 2 nitrogen and oxygen atoms in total. The summed E-state index contributed by atoms with van der Waals surface area (Å²) in [6.45, 7) is 0. The van der Waals surface area contributed by atoms with Gasteiger partial charge in [-0.1, -0.05) is 25.7 Å². The first-order valence-corrected chi connectivity index (χ1v) is 6.77. The van der Waals surface area contributed by atoms with Crippen LogP contribution < -0.4 is 5.73 Å². The second-order valence-electron chi connectivity index (χ2n) is 3.96. The molecule has 0 amide bonds. The van der Waals surface area contributed by atoms with E-state index in [9.17, 15) is 0 Å². The summed E-state index contributed by atoms with van der Waals surface area (Å²) < 4.78 is 0.956. The Balaban J connectivity index is 1.87. The van der Waals surface area contributed by atoms with Crippen LogP contribution in [-0.4, -0.2) is 4.98 Å². The van der Waals surface area contributed by atoms with Gasteiger partial charge in [0.05, 0.1) is 0 Å². The lowest BCUT2D eigenvalue weighted by Gasteiger charge is -2.06. The molecule has 1 aliphatic rings. The predicted octanol–water partition coefficient (Wildman–Crippen LogP) is 3.61. The average molecular weight is 275 g/mol. The Hall–Kier alpha value is -0.0900. The van der Waals surface area contributed by atoms with E-state index in [1.54, 1.807) is 11.3 Å². The molecule has 1 aromatic rings. The van der Waals surface area contributed by atoms with Gasteiger partial charge in [0.15, 0.2) is 5.13 Å². The van der Waals surface area contributed by atoms with Gasteiger partial charge < -0.3 is 5.73 Å². The number of halogens is 1. The van der Waals surface area contributed by atoms with Gasteiger partial charge in [-0.2, -0.15) is 0 Å². The predicted molar refractivity (Wildman–Crippen MR) is 64.5 cm³/mol. The van der Waals surface area contributed by atoms with Crippen LogP contribution in [0, 0.1) is 5.92 Å². The van der Waals surface area contributed by atoms with Gasteiger partial charge in [-0.25, -0.2) is 4.98 Å². The van der Waals surface area contributed by atoms with Gasteiger partial charge in [-0.05, 0) is 34.7 Å². The molecular formula is C10H15BrN2S. The Morgan fingerprint density at radius 3 is 2.71 bits per heavy atom. The monoisotopic (exact) mass is 274 g/mol. The molecule has 0 bridgehead atoms. The van der Waals surface area contributed by atoms with Crippen LogP contribution in [0.4, 0.5) is 5.13 Å². The number of rotatable bonds is 3. The Morgan fingerprint density at radius 2 is 2.14 bits per heavy atom. The zero-order valence-electron chi connectivity index (χ0n) is 8.13. The fourth-order valence-corrected chi connectivity index (χ4v) is 3.63. The number of aryl methyl sites for hydroxylation is 1. The molecule has 1 aromatic heterocycles. The smallest absolute Gasteiger partial charge is 0.181 e. The third-order valence-corrected chi connectivity index (χ3v) is 4.78. The molecule has 0 radical (unpaired) electrons. The standard InChI is InChI=1S/C10H15BrN2S/c11-9-8(14-10(12)13-9)6-5-7-3-1-2-4-7/h7H,1-6H2,(H2,12,13). The average Bonchev–Trinajstić information content (AvgIpc) is 2.72. The highest BCUT2D eigenvalue weighted by Crippen LogP contribution is 2.32. The molecule has 1 fully saturated rings. The van der Waals surface area contributed by atoms with E-state index in [1.165, 1.54) is 37.0 Å². The van der Waals surface area contributed by atoms with Crippen molar-refractivity contribution in [3.8, 4) is 0 Å². The molecule has 0 saturated heterocycles. The van der Waals surface area contributed by atoms with Crippen LogP contribution in [0.15, 0.2) is 4.60 Å². The van der Waals surface area contributed by atoms with E-state index in [0.717, 1.165) is 16.9 Å². The van der Waals surface area contributed by atoms with Crippen molar-refractivity contribution in [1.82, 2.24) is 4.98 Å². The molecule has 1 aliphatic carbocycles. The summed E-state index contributed by atoms with van der Waals surface area (Å²) in [5.74, 6) is 0.949. The molecule has 0 atom stereocenters. The molecule has 2 rings (SSSR count). The van der Waals surface area contributed by atoms with Crippen LogP contribution in [0.3, 0.4) is 0 Å². The SMILES string of the molecule is Nc1nc(Br)c(CCC2CCCC2)s1. The van der Waals surface area contributed by atoms with E-state index in [0.29, 0.717) is 5.13 Å². The van der Waals surface area contributed by atoms with Crippen LogP contribution in [-0.2, 0) is 6.42 Å². The lowest BCUT2D eigenvalue weighted by molar-refractivity contribution is 0.505. The maximum Gasteiger partial charge on any atom is 0.181 e. The van der Waals surface area contributed by atoms with Crippen LogP contribution in [0.5, 0.6) is 0 Å². The number of nitrogen functional groups attached to an aromatic ring is 1. The van der Waals surface area contributed by atoms with Gasteiger partial charge in [0.1, 0.15) is 4.60 Å². The maximum absolute atomic E-state index is 5.64. The Labute approximate surface area is 97.0 Å². The molecular weight excluding hydrogens is 260 g/mol. The van der Waals surface area contributed by atoms with Crippen molar-refractivity contribution in [3.63, 3.8) is 0 Å². The largest absolute Gasteiger partial charge is 0.375 e. The van der Waals surface area contributed by atoms with E-state index < -0.39 is 0 Å². The molecule has 0 aromatic carbocycles. The van der Waals surface area contributed by atoms with Crippen LogP contribution in [0.25, 0.3) is 0 Å². The fraction of sp³-hybridized carbons (Fsp3) is 0.700. The van der Waals surface area contributed by atoms with E-state index >= 15 is 0 Å². The highest BCUT2D eigenvalue weighted by Gasteiger charge is 2.16. The highest BCUT2D eigenvalue weighted by molar-refractivity contribution is 9.10. The number of hydrogen-bond acceptors (Lipinski definition) is 3. The van der Waals surface area contributed by atoms with Crippen molar-refractivity contribution in [2.45, 2.75) is 38.5 Å². The maximum atomic E-state index is 5.64. The molecule has 0 spiro atoms. The van der Waals surface area contributed by atoms with E-state index in [1.807, 2.05) is 0 Å². The summed E-state index contributed by atoms with van der Waals surface area (Å²) >= 11 is 5.06.